The number of hydrogen-bond acceptors (Lipinski definition) is 3. The number of benzene rings is 2. The van der Waals surface area contributed by atoms with Crippen LogP contribution in [0.2, 0.25) is 0 Å². The Labute approximate surface area is 188 Å². The van der Waals surface area contributed by atoms with E-state index in [1.54, 1.807) is 13.1 Å². The summed E-state index contributed by atoms with van der Waals surface area (Å²) in [4.78, 5) is 19.8. The van der Waals surface area contributed by atoms with Crippen LogP contribution in [0.3, 0.4) is 0 Å². The molecule has 1 amide bonds. The number of nitrogens with one attached hydrogen (secondary N) is 2. The summed E-state index contributed by atoms with van der Waals surface area (Å²) >= 11 is 0. The third-order valence-corrected chi connectivity index (χ3v) is 4.68. The van der Waals surface area contributed by atoms with Crippen molar-refractivity contribution in [2.45, 2.75) is 13.5 Å². The fraction of sp³-hybridized carbons (Fsp3) is 0.333. The molecule has 0 unspecified atom stereocenters. The van der Waals surface area contributed by atoms with Crippen molar-refractivity contribution in [3.05, 3.63) is 59.9 Å². The minimum absolute atomic E-state index is 0. The molecular formula is C21H27FIN5O. The molecule has 156 valence electrons. The molecule has 1 saturated heterocycles. The van der Waals surface area contributed by atoms with Crippen LogP contribution in [0, 0.1) is 5.82 Å². The van der Waals surface area contributed by atoms with Crippen LogP contribution in [0.5, 0.6) is 0 Å². The van der Waals surface area contributed by atoms with Gasteiger partial charge in [0.1, 0.15) is 5.82 Å². The van der Waals surface area contributed by atoms with Gasteiger partial charge >= 0.3 is 0 Å². The number of carbonyl (C=O) groups is 1. The number of nitrogens with zero attached hydrogens (tertiary/aromatic N) is 3. The van der Waals surface area contributed by atoms with Crippen LogP contribution in [0.25, 0.3) is 0 Å². The van der Waals surface area contributed by atoms with E-state index in [9.17, 15) is 9.18 Å². The summed E-state index contributed by atoms with van der Waals surface area (Å²) in [6.45, 7) is 5.10. The van der Waals surface area contributed by atoms with Gasteiger partial charge in [0, 0.05) is 52.4 Å². The lowest BCUT2D eigenvalue weighted by atomic mass is 10.2. The summed E-state index contributed by atoms with van der Waals surface area (Å²) in [5.74, 6) is 0.546. The van der Waals surface area contributed by atoms with Crippen LogP contribution < -0.4 is 15.5 Å². The maximum atomic E-state index is 14.0. The molecule has 1 heterocycles. The zero-order valence-corrected chi connectivity index (χ0v) is 19.0. The van der Waals surface area contributed by atoms with Gasteiger partial charge in [-0.25, -0.2) is 4.39 Å². The third kappa shape index (κ3) is 6.31. The van der Waals surface area contributed by atoms with Gasteiger partial charge in [0.2, 0.25) is 5.91 Å². The first-order valence-corrected chi connectivity index (χ1v) is 9.38. The summed E-state index contributed by atoms with van der Waals surface area (Å²) in [5.41, 5.74) is 2.48. The molecule has 3 rings (SSSR count). The molecule has 1 fully saturated rings. The first-order valence-electron chi connectivity index (χ1n) is 9.38. The van der Waals surface area contributed by atoms with Gasteiger partial charge in [0.05, 0.1) is 5.69 Å². The summed E-state index contributed by atoms with van der Waals surface area (Å²) < 4.78 is 14.0. The fourth-order valence-corrected chi connectivity index (χ4v) is 3.34. The minimum Gasteiger partial charge on any atom is -0.366 e. The molecule has 0 saturated carbocycles. The van der Waals surface area contributed by atoms with Gasteiger partial charge in [-0.15, -0.1) is 24.0 Å². The summed E-state index contributed by atoms with van der Waals surface area (Å²) in [5, 5.41) is 6.16. The highest BCUT2D eigenvalue weighted by molar-refractivity contribution is 14.0. The molecule has 2 N–H and O–H groups in total. The lowest BCUT2D eigenvalue weighted by molar-refractivity contribution is -0.114. The minimum atomic E-state index is -0.183. The Kier molecular flexibility index (Phi) is 8.69. The van der Waals surface area contributed by atoms with Crippen molar-refractivity contribution in [3.63, 3.8) is 0 Å². The number of amides is 1. The Morgan fingerprint density at radius 3 is 2.48 bits per heavy atom. The molecular weight excluding hydrogens is 484 g/mol. The predicted molar refractivity (Wildman–Crippen MR) is 127 cm³/mol. The number of guanidine groups is 1. The van der Waals surface area contributed by atoms with E-state index in [1.807, 2.05) is 36.4 Å². The van der Waals surface area contributed by atoms with E-state index in [0.717, 1.165) is 43.4 Å². The molecule has 0 aromatic heterocycles. The molecule has 29 heavy (non-hydrogen) atoms. The number of hydrogen-bond donors (Lipinski definition) is 2. The molecule has 2 aromatic carbocycles. The highest BCUT2D eigenvalue weighted by atomic mass is 127. The van der Waals surface area contributed by atoms with Gasteiger partial charge < -0.3 is 20.4 Å². The lowest BCUT2D eigenvalue weighted by Crippen LogP contribution is -2.52. The normalized spacial score (nSPS) is 14.2. The number of piperazine rings is 1. The van der Waals surface area contributed by atoms with Gasteiger partial charge in [0.25, 0.3) is 0 Å². The van der Waals surface area contributed by atoms with E-state index >= 15 is 0 Å². The van der Waals surface area contributed by atoms with Crippen LogP contribution in [-0.2, 0) is 11.3 Å². The Morgan fingerprint density at radius 1 is 1.10 bits per heavy atom. The molecule has 0 radical (unpaired) electrons. The Balaban J connectivity index is 0.00000300. The molecule has 0 bridgehead atoms. The average molecular weight is 511 g/mol. The number of carbonyl (C=O) groups excluding carboxylic acids is 1. The molecule has 6 nitrogen and oxygen atoms in total. The Bertz CT molecular complexity index is 852. The van der Waals surface area contributed by atoms with Crippen LogP contribution in [0.15, 0.2) is 53.5 Å². The SMILES string of the molecule is CN=C(NCc1cccc(NC(C)=O)c1)N1CCN(c2ccccc2F)CC1.I. The van der Waals surface area contributed by atoms with Gasteiger partial charge in [-0.3, -0.25) is 9.79 Å². The van der Waals surface area contributed by atoms with Gasteiger partial charge in [-0.05, 0) is 29.8 Å². The van der Waals surface area contributed by atoms with Crippen molar-refractivity contribution in [1.82, 2.24) is 10.2 Å². The summed E-state index contributed by atoms with van der Waals surface area (Å²) in [6.07, 6.45) is 0. The number of rotatable bonds is 4. The second-order valence-corrected chi connectivity index (χ2v) is 6.71. The molecule has 0 aliphatic carbocycles. The maximum Gasteiger partial charge on any atom is 0.221 e. The van der Waals surface area contributed by atoms with Crippen LogP contribution in [-0.4, -0.2) is 50.0 Å². The van der Waals surface area contributed by atoms with E-state index in [0.29, 0.717) is 12.2 Å². The highest BCUT2D eigenvalue weighted by Gasteiger charge is 2.21. The monoisotopic (exact) mass is 511 g/mol. The van der Waals surface area contributed by atoms with Crippen LogP contribution in [0.1, 0.15) is 12.5 Å². The maximum absolute atomic E-state index is 14.0. The topological polar surface area (TPSA) is 60.0 Å². The van der Waals surface area contributed by atoms with Gasteiger partial charge in [-0.1, -0.05) is 24.3 Å². The second-order valence-electron chi connectivity index (χ2n) is 6.71. The highest BCUT2D eigenvalue weighted by Crippen LogP contribution is 2.20. The Morgan fingerprint density at radius 2 is 1.83 bits per heavy atom. The van der Waals surface area contributed by atoms with E-state index in [1.165, 1.54) is 13.0 Å². The third-order valence-electron chi connectivity index (χ3n) is 4.68. The summed E-state index contributed by atoms with van der Waals surface area (Å²) in [6, 6.07) is 14.6. The largest absolute Gasteiger partial charge is 0.366 e. The number of halogens is 2. The molecule has 8 heteroatoms. The zero-order chi connectivity index (χ0) is 19.9. The smallest absolute Gasteiger partial charge is 0.221 e. The quantitative estimate of drug-likeness (QED) is 0.376. The van der Waals surface area contributed by atoms with Crippen molar-refractivity contribution < 1.29 is 9.18 Å². The Hall–Kier alpha value is -2.36. The van der Waals surface area contributed by atoms with Gasteiger partial charge in [0.15, 0.2) is 5.96 Å². The fourth-order valence-electron chi connectivity index (χ4n) is 3.34. The van der Waals surface area contributed by atoms with E-state index < -0.39 is 0 Å². The predicted octanol–water partition coefficient (Wildman–Crippen LogP) is 3.30. The first kappa shape index (κ1) is 22.9. The number of anilines is 2. The number of aliphatic imine (C=N–C) groups is 1. The molecule has 0 atom stereocenters. The lowest BCUT2D eigenvalue weighted by Gasteiger charge is -2.37. The van der Waals surface area contributed by atoms with E-state index in [2.05, 4.69) is 25.4 Å². The second kappa shape index (κ2) is 11.0. The standard InChI is InChI=1S/C21H26FN5O.HI/c1-16(28)25-18-7-5-6-17(14-18)15-24-21(23-2)27-12-10-26(11-13-27)20-9-4-3-8-19(20)22;/h3-9,14H,10-13,15H2,1-2H3,(H,23,24)(H,25,28);1H. The van der Waals surface area contributed by atoms with E-state index in [-0.39, 0.29) is 35.7 Å². The molecule has 1 aliphatic heterocycles. The number of para-hydroxylation sites is 1. The van der Waals surface area contributed by atoms with Crippen molar-refractivity contribution in [2.24, 2.45) is 4.99 Å². The van der Waals surface area contributed by atoms with Crippen molar-refractivity contribution in [2.75, 3.05) is 43.4 Å². The van der Waals surface area contributed by atoms with Crippen molar-refractivity contribution in [3.8, 4) is 0 Å². The van der Waals surface area contributed by atoms with E-state index in [4.69, 9.17) is 0 Å². The van der Waals surface area contributed by atoms with Gasteiger partial charge in [-0.2, -0.15) is 0 Å². The molecule has 2 aromatic rings. The molecule has 1 aliphatic rings. The first-order chi connectivity index (χ1) is 13.6. The summed E-state index contributed by atoms with van der Waals surface area (Å²) in [7, 11) is 1.76. The van der Waals surface area contributed by atoms with Crippen LogP contribution in [0.4, 0.5) is 15.8 Å². The average Bonchev–Trinajstić information content (AvgIpc) is 2.69. The molecule has 0 spiro atoms. The van der Waals surface area contributed by atoms with Crippen molar-refractivity contribution >= 4 is 47.2 Å². The van der Waals surface area contributed by atoms with Crippen LogP contribution >= 0.6 is 24.0 Å². The van der Waals surface area contributed by atoms with Crippen molar-refractivity contribution in [1.29, 1.82) is 0 Å². The zero-order valence-electron chi connectivity index (χ0n) is 16.7.